The molecular formula is C27H28BrF2N3O2. The number of carbonyl (C=O) groups is 1. The van der Waals surface area contributed by atoms with E-state index in [9.17, 15) is 14.3 Å². The van der Waals surface area contributed by atoms with Gasteiger partial charge in [-0.05, 0) is 91.1 Å². The fourth-order valence-corrected chi connectivity index (χ4v) is 5.14. The highest BCUT2D eigenvalue weighted by Gasteiger charge is 2.23. The Morgan fingerprint density at radius 3 is 2.57 bits per heavy atom. The fourth-order valence-electron chi connectivity index (χ4n) is 4.66. The van der Waals surface area contributed by atoms with Crippen LogP contribution in [-0.4, -0.2) is 22.1 Å². The molecule has 1 atom stereocenters. The highest BCUT2D eigenvalue weighted by Crippen LogP contribution is 2.36. The smallest absolute Gasteiger partial charge is 0.254 e. The van der Waals surface area contributed by atoms with Crippen molar-refractivity contribution in [1.82, 2.24) is 10.3 Å². The summed E-state index contributed by atoms with van der Waals surface area (Å²) in [5.41, 5.74) is 8.74. The van der Waals surface area contributed by atoms with Gasteiger partial charge in [-0.15, -0.1) is 0 Å². The third-order valence-corrected chi connectivity index (χ3v) is 7.09. The Labute approximate surface area is 211 Å². The van der Waals surface area contributed by atoms with Crippen molar-refractivity contribution in [2.24, 2.45) is 0 Å². The molecule has 1 amide bonds. The minimum atomic E-state index is -0.680. The first kappa shape index (κ1) is 25.3. The molecule has 1 aliphatic rings. The topological polar surface area (TPSA) is 88.2 Å². The molecule has 0 radical (unpaired) electrons. The lowest BCUT2D eigenvalue weighted by Gasteiger charge is -2.26. The van der Waals surface area contributed by atoms with Crippen molar-refractivity contribution in [1.29, 1.82) is 0 Å². The fraction of sp³-hybridized carbons (Fsp3) is 0.333. The molecule has 8 heteroatoms. The number of aliphatic hydroxyl groups is 1. The molecule has 4 N–H and O–H groups in total. The van der Waals surface area contributed by atoms with Gasteiger partial charge in [0.05, 0.1) is 17.7 Å². The summed E-state index contributed by atoms with van der Waals surface area (Å²) in [5.74, 6) is -1.13. The minimum absolute atomic E-state index is 0.105. The molecule has 35 heavy (non-hydrogen) atoms. The van der Waals surface area contributed by atoms with Crippen LogP contribution in [-0.2, 0) is 0 Å². The van der Waals surface area contributed by atoms with E-state index in [-0.39, 0.29) is 23.4 Å². The molecule has 0 unspecified atom stereocenters. The van der Waals surface area contributed by atoms with Crippen molar-refractivity contribution in [3.63, 3.8) is 0 Å². The Balaban J connectivity index is 1.55. The van der Waals surface area contributed by atoms with Crippen molar-refractivity contribution in [3.8, 4) is 11.1 Å². The molecule has 5 nitrogen and oxygen atoms in total. The number of hydrogen-bond acceptors (Lipinski definition) is 4. The third kappa shape index (κ3) is 5.87. The molecule has 0 aliphatic heterocycles. The quantitative estimate of drug-likeness (QED) is 0.341. The van der Waals surface area contributed by atoms with E-state index < -0.39 is 23.6 Å². The monoisotopic (exact) mass is 543 g/mol. The van der Waals surface area contributed by atoms with Crippen LogP contribution in [0, 0.1) is 11.6 Å². The largest absolute Gasteiger partial charge is 0.393 e. The van der Waals surface area contributed by atoms with Crippen molar-refractivity contribution in [2.75, 3.05) is 5.73 Å². The van der Waals surface area contributed by atoms with Crippen LogP contribution in [0.2, 0.25) is 0 Å². The second-order valence-corrected chi connectivity index (χ2v) is 9.95. The lowest BCUT2D eigenvalue weighted by atomic mass is 9.83. The van der Waals surface area contributed by atoms with Crippen LogP contribution in [0.3, 0.4) is 0 Å². The first-order valence-electron chi connectivity index (χ1n) is 11.8. The van der Waals surface area contributed by atoms with E-state index >= 15 is 4.39 Å². The van der Waals surface area contributed by atoms with E-state index in [0.29, 0.717) is 27.6 Å². The number of nitrogen functional groups attached to an aromatic ring is 1. The van der Waals surface area contributed by atoms with Crippen LogP contribution in [0.25, 0.3) is 11.1 Å². The standard InChI is InChI=1S/C27H28BrF2N3O2/c1-2-25(17-9-19(28)13-20(29)10-17)33-27(35)22-8-5-16(12-24(22)30)23-11-18(14-32-26(23)31)15-3-6-21(34)7-4-15/h5,8-15,21,25,34H,2-4,6-7H2,1H3,(H2,31,32)(H,33,35)/t15?,21?,25-/m1/s1. The van der Waals surface area contributed by atoms with Gasteiger partial charge in [0.15, 0.2) is 0 Å². The highest BCUT2D eigenvalue weighted by atomic mass is 79.9. The predicted molar refractivity (Wildman–Crippen MR) is 136 cm³/mol. The number of pyridine rings is 1. The number of benzene rings is 2. The molecule has 0 bridgehead atoms. The molecular weight excluding hydrogens is 516 g/mol. The summed E-state index contributed by atoms with van der Waals surface area (Å²) in [7, 11) is 0. The lowest BCUT2D eigenvalue weighted by molar-refractivity contribution is 0.0931. The average molecular weight is 544 g/mol. The number of nitrogens with two attached hydrogens (primary N) is 1. The van der Waals surface area contributed by atoms with Gasteiger partial charge in [0.25, 0.3) is 5.91 Å². The number of aliphatic hydroxyl groups excluding tert-OH is 1. The normalized spacial score (nSPS) is 18.8. The highest BCUT2D eigenvalue weighted by molar-refractivity contribution is 9.10. The summed E-state index contributed by atoms with van der Waals surface area (Å²) < 4.78 is 29.5. The van der Waals surface area contributed by atoms with Crippen LogP contribution in [0.5, 0.6) is 0 Å². The van der Waals surface area contributed by atoms with Crippen LogP contribution < -0.4 is 11.1 Å². The molecule has 184 valence electrons. The molecule has 1 aliphatic carbocycles. The van der Waals surface area contributed by atoms with Gasteiger partial charge in [-0.25, -0.2) is 13.8 Å². The van der Waals surface area contributed by atoms with Gasteiger partial charge < -0.3 is 16.2 Å². The van der Waals surface area contributed by atoms with Gasteiger partial charge in [-0.1, -0.05) is 28.9 Å². The number of anilines is 1. The maximum absolute atomic E-state index is 15.1. The first-order chi connectivity index (χ1) is 16.7. The molecule has 0 saturated heterocycles. The zero-order valence-electron chi connectivity index (χ0n) is 19.4. The number of nitrogens with zero attached hydrogens (tertiary/aromatic N) is 1. The zero-order valence-corrected chi connectivity index (χ0v) is 21.0. The van der Waals surface area contributed by atoms with Gasteiger partial charge in [-0.3, -0.25) is 4.79 Å². The van der Waals surface area contributed by atoms with Crippen molar-refractivity contribution >= 4 is 27.7 Å². The third-order valence-electron chi connectivity index (χ3n) is 6.63. The molecule has 1 fully saturated rings. The molecule has 2 aromatic carbocycles. The van der Waals surface area contributed by atoms with Gasteiger partial charge in [0, 0.05) is 16.2 Å². The number of aromatic nitrogens is 1. The van der Waals surface area contributed by atoms with Crippen LogP contribution in [0.15, 0.2) is 53.1 Å². The summed E-state index contributed by atoms with van der Waals surface area (Å²) >= 11 is 3.26. The number of amides is 1. The van der Waals surface area contributed by atoms with E-state index in [4.69, 9.17) is 5.73 Å². The number of rotatable bonds is 6. The summed E-state index contributed by atoms with van der Waals surface area (Å²) in [6, 6.07) is 10.2. The van der Waals surface area contributed by atoms with Crippen LogP contribution in [0.1, 0.15) is 72.5 Å². The maximum Gasteiger partial charge on any atom is 0.254 e. The van der Waals surface area contributed by atoms with Crippen molar-refractivity contribution in [3.05, 3.63) is 81.5 Å². The van der Waals surface area contributed by atoms with E-state index in [0.717, 1.165) is 31.2 Å². The summed E-state index contributed by atoms with van der Waals surface area (Å²) in [5, 5.41) is 12.6. The molecule has 3 aromatic rings. The number of nitrogens with one attached hydrogen (secondary N) is 1. The Kier molecular flexibility index (Phi) is 7.82. The molecule has 1 heterocycles. The Hall–Kier alpha value is -2.84. The Bertz CT molecular complexity index is 1210. The van der Waals surface area contributed by atoms with E-state index in [1.54, 1.807) is 18.3 Å². The maximum atomic E-state index is 15.1. The summed E-state index contributed by atoms with van der Waals surface area (Å²) in [6.07, 6.45) is 5.21. The van der Waals surface area contributed by atoms with Crippen molar-refractivity contribution < 1.29 is 18.7 Å². The SMILES string of the molecule is CC[C@@H](NC(=O)c1ccc(-c2cc(C3CCC(O)CC3)cnc2N)cc1F)c1cc(F)cc(Br)c1. The number of carbonyl (C=O) groups excluding carboxylic acids is 1. The summed E-state index contributed by atoms with van der Waals surface area (Å²) in [4.78, 5) is 17.2. The van der Waals surface area contributed by atoms with Crippen molar-refractivity contribution in [2.45, 2.75) is 57.1 Å². The Morgan fingerprint density at radius 2 is 1.91 bits per heavy atom. The zero-order chi connectivity index (χ0) is 25.1. The van der Waals surface area contributed by atoms with Crippen LogP contribution >= 0.6 is 15.9 Å². The van der Waals surface area contributed by atoms with Gasteiger partial charge >= 0.3 is 0 Å². The molecule has 1 aromatic heterocycles. The van der Waals surface area contributed by atoms with Gasteiger partial charge in [0.1, 0.15) is 17.5 Å². The second kappa shape index (κ2) is 10.8. The van der Waals surface area contributed by atoms with Crippen LogP contribution in [0.4, 0.5) is 14.6 Å². The van der Waals surface area contributed by atoms with E-state index in [1.165, 1.54) is 24.3 Å². The molecule has 1 saturated carbocycles. The first-order valence-corrected chi connectivity index (χ1v) is 12.5. The van der Waals surface area contributed by atoms with E-state index in [2.05, 4.69) is 26.2 Å². The second-order valence-electron chi connectivity index (χ2n) is 9.04. The molecule has 0 spiro atoms. The molecule has 4 rings (SSSR count). The van der Waals surface area contributed by atoms with E-state index in [1.807, 2.05) is 13.0 Å². The minimum Gasteiger partial charge on any atom is -0.393 e. The summed E-state index contributed by atoms with van der Waals surface area (Å²) in [6.45, 7) is 1.86. The Morgan fingerprint density at radius 1 is 1.17 bits per heavy atom. The lowest BCUT2D eigenvalue weighted by Crippen LogP contribution is -2.29. The van der Waals surface area contributed by atoms with Gasteiger partial charge in [0.2, 0.25) is 0 Å². The van der Waals surface area contributed by atoms with Gasteiger partial charge in [-0.2, -0.15) is 0 Å². The number of halogens is 3. The predicted octanol–water partition coefficient (Wildman–Crippen LogP) is 6.27. The number of hydrogen-bond donors (Lipinski definition) is 3. The average Bonchev–Trinajstić information content (AvgIpc) is 2.82.